The van der Waals surface area contributed by atoms with Crippen molar-refractivity contribution >= 4 is 0 Å². The predicted octanol–water partition coefficient (Wildman–Crippen LogP) is 0.650. The fourth-order valence-electron chi connectivity index (χ4n) is 6.79. The molecule has 8 atom stereocenters. The first-order chi connectivity index (χ1) is 12.0. The number of hydrogen-bond donors (Lipinski definition) is 2. The molecular weight excluding hydrogens is 322 g/mol. The van der Waals surface area contributed by atoms with Gasteiger partial charge in [0.1, 0.15) is 17.5 Å². The van der Waals surface area contributed by atoms with Crippen LogP contribution < -0.4 is 0 Å². The standard InChI is InChI=1S/C19H27NO5/c1-20-7-6-18-15-10-4-5-12(23-2)16(15)25-17(18)11(21)9-14(24-3)19(18,22)13(20)8-10/h4-5,10-11,13-15,17,21-22H,6-9H2,1-3H3/t10?,11-,13+,14+,15?,17-,18-,19-/m0/s1. The van der Waals surface area contributed by atoms with Crippen LogP contribution in [0.5, 0.6) is 0 Å². The summed E-state index contributed by atoms with van der Waals surface area (Å²) < 4.78 is 17.7. The molecule has 0 aromatic heterocycles. The number of nitrogens with zero attached hydrogens (tertiary/aromatic N) is 1. The SMILES string of the molecule is COC1=C2O[C@H]3[C@@H](O)C[C@@H](OC)[C@@]4(O)[C@H]5CC(C=C1)C2[C@@]34CCN5C. The van der Waals surface area contributed by atoms with E-state index >= 15 is 0 Å². The summed E-state index contributed by atoms with van der Waals surface area (Å²) in [5.74, 6) is 1.87. The molecule has 0 aromatic carbocycles. The molecule has 5 aliphatic rings. The van der Waals surface area contributed by atoms with Gasteiger partial charge >= 0.3 is 0 Å². The quantitative estimate of drug-likeness (QED) is 0.763. The largest absolute Gasteiger partial charge is 0.493 e. The maximum Gasteiger partial charge on any atom is 0.156 e. The van der Waals surface area contributed by atoms with Crippen LogP contribution in [0, 0.1) is 17.3 Å². The molecule has 4 fully saturated rings. The molecule has 3 aliphatic carbocycles. The summed E-state index contributed by atoms with van der Waals surface area (Å²) in [5.41, 5.74) is -1.57. The van der Waals surface area contributed by atoms with Crippen LogP contribution in [0.3, 0.4) is 0 Å². The lowest BCUT2D eigenvalue weighted by Crippen LogP contribution is -2.81. The smallest absolute Gasteiger partial charge is 0.156 e. The molecule has 2 unspecified atom stereocenters. The lowest BCUT2D eigenvalue weighted by Gasteiger charge is -2.67. The second kappa shape index (κ2) is 5.00. The molecule has 6 nitrogen and oxygen atoms in total. The maximum absolute atomic E-state index is 12.2. The average molecular weight is 349 g/mol. The number of ether oxygens (including phenoxy) is 3. The molecule has 0 amide bonds. The molecule has 2 bridgehead atoms. The fraction of sp³-hybridized carbons (Fsp3) is 0.789. The molecule has 0 radical (unpaired) electrons. The van der Waals surface area contributed by atoms with Crippen molar-refractivity contribution in [3.05, 3.63) is 23.7 Å². The Labute approximate surface area is 148 Å². The highest BCUT2D eigenvalue weighted by Gasteiger charge is 2.79. The van der Waals surface area contributed by atoms with E-state index in [0.29, 0.717) is 6.42 Å². The van der Waals surface area contributed by atoms with Crippen LogP contribution in [0.2, 0.25) is 0 Å². The van der Waals surface area contributed by atoms with Crippen molar-refractivity contribution < 1.29 is 24.4 Å². The molecule has 2 N–H and O–H groups in total. The van der Waals surface area contributed by atoms with E-state index in [1.807, 2.05) is 6.08 Å². The highest BCUT2D eigenvalue weighted by molar-refractivity contribution is 5.39. The normalized spacial score (nSPS) is 53.5. The number of allylic oxidation sites excluding steroid dienone is 3. The topological polar surface area (TPSA) is 71.4 Å². The Bertz CT molecular complexity index is 662. The van der Waals surface area contributed by atoms with Crippen molar-refractivity contribution in [2.24, 2.45) is 17.3 Å². The van der Waals surface area contributed by atoms with Crippen molar-refractivity contribution in [3.8, 4) is 0 Å². The summed E-state index contributed by atoms with van der Waals surface area (Å²) in [7, 11) is 5.38. The number of hydrogen-bond acceptors (Lipinski definition) is 6. The highest BCUT2D eigenvalue weighted by atomic mass is 16.5. The van der Waals surface area contributed by atoms with Crippen molar-refractivity contribution in [1.82, 2.24) is 4.90 Å². The predicted molar refractivity (Wildman–Crippen MR) is 89.5 cm³/mol. The molecule has 2 heterocycles. The van der Waals surface area contributed by atoms with Crippen molar-refractivity contribution in [1.29, 1.82) is 0 Å². The van der Waals surface area contributed by atoms with Crippen molar-refractivity contribution in [2.75, 3.05) is 27.8 Å². The summed E-state index contributed by atoms with van der Waals surface area (Å²) in [5, 5.41) is 23.0. The Kier molecular flexibility index (Phi) is 3.23. The minimum Gasteiger partial charge on any atom is -0.493 e. The van der Waals surface area contributed by atoms with Crippen LogP contribution in [0.15, 0.2) is 23.7 Å². The third-order valence-corrected chi connectivity index (χ3v) is 7.72. The first-order valence-electron chi connectivity index (χ1n) is 9.25. The van der Waals surface area contributed by atoms with Gasteiger partial charge in [0, 0.05) is 25.5 Å². The molecule has 1 spiro atoms. The Morgan fingerprint density at radius 3 is 2.84 bits per heavy atom. The van der Waals surface area contributed by atoms with Gasteiger partial charge in [0.2, 0.25) is 0 Å². The second-order valence-corrected chi connectivity index (χ2v) is 8.35. The van der Waals surface area contributed by atoms with Gasteiger partial charge in [-0.2, -0.15) is 0 Å². The van der Waals surface area contributed by atoms with Gasteiger partial charge in [-0.05, 0) is 38.4 Å². The number of piperidine rings is 1. The third kappa shape index (κ3) is 1.61. The summed E-state index contributed by atoms with van der Waals surface area (Å²) >= 11 is 0. The number of aliphatic hydroxyl groups is 2. The molecule has 138 valence electrons. The van der Waals surface area contributed by atoms with E-state index in [0.717, 1.165) is 30.9 Å². The molecule has 2 saturated heterocycles. The van der Waals surface area contributed by atoms with Gasteiger partial charge in [-0.1, -0.05) is 6.08 Å². The van der Waals surface area contributed by atoms with E-state index in [4.69, 9.17) is 14.2 Å². The van der Waals surface area contributed by atoms with Gasteiger partial charge < -0.3 is 29.3 Å². The fourth-order valence-corrected chi connectivity index (χ4v) is 6.79. The molecule has 0 aromatic rings. The third-order valence-electron chi connectivity index (χ3n) is 7.72. The summed E-state index contributed by atoms with van der Waals surface area (Å²) in [4.78, 5) is 2.27. The van der Waals surface area contributed by atoms with E-state index in [-0.39, 0.29) is 17.9 Å². The number of aliphatic hydroxyl groups excluding tert-OH is 1. The highest BCUT2D eigenvalue weighted by Crippen LogP contribution is 2.70. The summed E-state index contributed by atoms with van der Waals surface area (Å²) in [6.07, 6.45) is 4.78. The van der Waals surface area contributed by atoms with Crippen LogP contribution in [0.25, 0.3) is 0 Å². The van der Waals surface area contributed by atoms with Gasteiger partial charge in [-0.15, -0.1) is 0 Å². The number of rotatable bonds is 2. The van der Waals surface area contributed by atoms with E-state index < -0.39 is 29.3 Å². The van der Waals surface area contributed by atoms with Gasteiger partial charge in [0.25, 0.3) is 0 Å². The van der Waals surface area contributed by atoms with Crippen LogP contribution in [-0.2, 0) is 14.2 Å². The molecule has 2 aliphatic heterocycles. The average Bonchev–Trinajstić information content (AvgIpc) is 2.96. The van der Waals surface area contributed by atoms with Crippen LogP contribution >= 0.6 is 0 Å². The van der Waals surface area contributed by atoms with Gasteiger partial charge in [-0.25, -0.2) is 0 Å². The van der Waals surface area contributed by atoms with E-state index in [9.17, 15) is 10.2 Å². The van der Waals surface area contributed by atoms with E-state index in [2.05, 4.69) is 18.0 Å². The van der Waals surface area contributed by atoms with Crippen LogP contribution in [0.4, 0.5) is 0 Å². The van der Waals surface area contributed by atoms with Gasteiger partial charge in [-0.3, -0.25) is 0 Å². The monoisotopic (exact) mass is 349 g/mol. The first kappa shape index (κ1) is 16.1. The lowest BCUT2D eigenvalue weighted by atomic mass is 9.43. The molecule has 25 heavy (non-hydrogen) atoms. The molecule has 6 heteroatoms. The second-order valence-electron chi connectivity index (χ2n) is 8.35. The van der Waals surface area contributed by atoms with Crippen LogP contribution in [0.1, 0.15) is 19.3 Å². The minimum absolute atomic E-state index is 0.000792. The van der Waals surface area contributed by atoms with Crippen molar-refractivity contribution in [2.45, 2.75) is 49.2 Å². The van der Waals surface area contributed by atoms with E-state index in [1.165, 1.54) is 0 Å². The zero-order chi connectivity index (χ0) is 17.6. The van der Waals surface area contributed by atoms with Gasteiger partial charge in [0.15, 0.2) is 5.76 Å². The van der Waals surface area contributed by atoms with Crippen molar-refractivity contribution in [3.63, 3.8) is 0 Å². The Balaban J connectivity index is 1.76. The minimum atomic E-state index is -1.04. The summed E-state index contributed by atoms with van der Waals surface area (Å²) in [6.45, 7) is 0.887. The molecule has 2 saturated carbocycles. The number of likely N-dealkylation sites (N-methyl/N-ethyl adjacent to an activating group) is 1. The zero-order valence-corrected chi connectivity index (χ0v) is 15.0. The Morgan fingerprint density at radius 1 is 1.32 bits per heavy atom. The molecule has 5 rings (SSSR count). The first-order valence-corrected chi connectivity index (χ1v) is 9.25. The molecular formula is C19H27NO5. The lowest BCUT2D eigenvalue weighted by molar-refractivity contribution is -0.306. The Hall–Kier alpha value is -1.08. The number of methoxy groups -OCH3 is 2. The summed E-state index contributed by atoms with van der Waals surface area (Å²) in [6, 6.07) is -0.000792. The van der Waals surface area contributed by atoms with Gasteiger partial charge in [0.05, 0.1) is 24.7 Å². The Morgan fingerprint density at radius 2 is 2.12 bits per heavy atom. The number of likely N-dealkylation sites (tertiary alicyclic amines) is 1. The van der Waals surface area contributed by atoms with E-state index in [1.54, 1.807) is 14.2 Å². The van der Waals surface area contributed by atoms with Crippen LogP contribution in [-0.4, -0.2) is 72.9 Å². The zero-order valence-electron chi connectivity index (χ0n) is 15.0. The maximum atomic E-state index is 12.2.